The van der Waals surface area contributed by atoms with Gasteiger partial charge in [0, 0.05) is 11.3 Å². The molecule has 0 aliphatic carbocycles. The van der Waals surface area contributed by atoms with Crippen molar-refractivity contribution in [3.63, 3.8) is 0 Å². The van der Waals surface area contributed by atoms with Gasteiger partial charge in [0.25, 0.3) is 6.43 Å². The second-order valence-electron chi connectivity index (χ2n) is 4.77. The minimum absolute atomic E-state index is 0.0856. The fraction of sp³-hybridized carbons (Fsp3) is 0.312. The summed E-state index contributed by atoms with van der Waals surface area (Å²) in [6.07, 6.45) is 4.31. The normalized spacial score (nSPS) is 17.9. The van der Waals surface area contributed by atoms with Gasteiger partial charge in [0.15, 0.2) is 0 Å². The lowest BCUT2D eigenvalue weighted by Gasteiger charge is -2.31. The monoisotopic (exact) mass is 359 g/mol. The lowest BCUT2D eigenvalue weighted by Crippen LogP contribution is -2.41. The molecule has 1 aliphatic rings. The lowest BCUT2D eigenvalue weighted by molar-refractivity contribution is -0.129. The number of halogens is 4. The molecular weight excluding hydrogens is 347 g/mol. The Labute approximate surface area is 142 Å². The number of terminal acetylenes is 1. The molecule has 0 fully saturated rings. The average molecular weight is 360 g/mol. The van der Waals surface area contributed by atoms with Crippen molar-refractivity contribution in [3.05, 3.63) is 34.9 Å². The molecule has 0 saturated heterocycles. The molecule has 122 valence electrons. The van der Waals surface area contributed by atoms with Crippen molar-refractivity contribution in [2.75, 3.05) is 13.2 Å². The third-order valence-corrected chi connectivity index (χ3v) is 3.88. The SMILES string of the molecule is C#CCOc1ccc(C2=CCC(Cl)C(=O)N2CC(F)F)c(Cl)c1. The van der Waals surface area contributed by atoms with E-state index in [0.717, 1.165) is 4.90 Å². The Morgan fingerprint density at radius 2 is 2.22 bits per heavy atom. The Balaban J connectivity index is 2.34. The van der Waals surface area contributed by atoms with Crippen molar-refractivity contribution < 1.29 is 18.3 Å². The maximum Gasteiger partial charge on any atom is 0.256 e. The summed E-state index contributed by atoms with van der Waals surface area (Å²) in [6, 6.07) is 4.73. The van der Waals surface area contributed by atoms with Gasteiger partial charge in [0.1, 0.15) is 17.7 Å². The van der Waals surface area contributed by atoms with E-state index in [1.807, 2.05) is 0 Å². The van der Waals surface area contributed by atoms with Crippen LogP contribution in [0.15, 0.2) is 24.3 Å². The van der Waals surface area contributed by atoms with Crippen molar-refractivity contribution in [3.8, 4) is 18.1 Å². The molecule has 0 saturated carbocycles. The Hall–Kier alpha value is -1.77. The summed E-state index contributed by atoms with van der Waals surface area (Å²) in [6.45, 7) is -0.651. The molecule has 0 spiro atoms. The summed E-state index contributed by atoms with van der Waals surface area (Å²) >= 11 is 12.1. The van der Waals surface area contributed by atoms with Crippen LogP contribution in [0.1, 0.15) is 12.0 Å². The number of carbonyl (C=O) groups is 1. The summed E-state index contributed by atoms with van der Waals surface area (Å²) in [7, 11) is 0. The standard InChI is InChI=1S/C16H13Cl2F2NO2/c1-2-7-23-10-3-4-11(13(18)8-10)14-6-5-12(17)16(22)21(14)9-15(19)20/h1,3-4,6,8,12,15H,5,7,9H2. The molecule has 1 amide bonds. The van der Waals surface area contributed by atoms with Crippen LogP contribution in [0.25, 0.3) is 5.70 Å². The van der Waals surface area contributed by atoms with Crippen LogP contribution in [0.5, 0.6) is 5.75 Å². The Kier molecular flexibility index (Phi) is 5.86. The molecule has 1 unspecified atom stereocenters. The summed E-state index contributed by atoms with van der Waals surface area (Å²) < 4.78 is 30.8. The average Bonchev–Trinajstić information content (AvgIpc) is 2.50. The molecule has 1 atom stereocenters. The number of allylic oxidation sites excluding steroid dienone is 1. The third-order valence-electron chi connectivity index (χ3n) is 3.20. The van der Waals surface area contributed by atoms with Crippen molar-refractivity contribution in [2.24, 2.45) is 0 Å². The zero-order valence-corrected chi connectivity index (χ0v) is 13.5. The molecule has 0 aromatic heterocycles. The maximum atomic E-state index is 12.8. The van der Waals surface area contributed by atoms with E-state index in [-0.39, 0.29) is 18.1 Å². The Morgan fingerprint density at radius 3 is 2.83 bits per heavy atom. The molecule has 0 radical (unpaired) electrons. The molecule has 0 N–H and O–H groups in total. The molecule has 23 heavy (non-hydrogen) atoms. The highest BCUT2D eigenvalue weighted by atomic mass is 35.5. The highest BCUT2D eigenvalue weighted by Gasteiger charge is 2.32. The van der Waals surface area contributed by atoms with Crippen LogP contribution < -0.4 is 4.74 Å². The van der Waals surface area contributed by atoms with Gasteiger partial charge in [-0.05, 0) is 24.6 Å². The number of amides is 1. The van der Waals surface area contributed by atoms with Crippen molar-refractivity contribution in [2.45, 2.75) is 18.2 Å². The Morgan fingerprint density at radius 1 is 1.48 bits per heavy atom. The molecule has 1 aromatic carbocycles. The number of hydrogen-bond donors (Lipinski definition) is 0. The molecule has 1 aliphatic heterocycles. The predicted molar refractivity (Wildman–Crippen MR) is 85.7 cm³/mol. The fourth-order valence-corrected chi connectivity index (χ4v) is 2.69. The summed E-state index contributed by atoms with van der Waals surface area (Å²) in [5, 5.41) is -0.583. The van der Waals surface area contributed by atoms with E-state index in [2.05, 4.69) is 5.92 Å². The molecule has 3 nitrogen and oxygen atoms in total. The number of nitrogens with zero attached hydrogens (tertiary/aromatic N) is 1. The number of hydrogen-bond acceptors (Lipinski definition) is 2. The molecule has 0 bridgehead atoms. The van der Waals surface area contributed by atoms with E-state index in [1.54, 1.807) is 18.2 Å². The minimum atomic E-state index is -2.68. The van der Waals surface area contributed by atoms with E-state index in [4.69, 9.17) is 34.4 Å². The quantitative estimate of drug-likeness (QED) is 0.591. The first-order valence-electron chi connectivity index (χ1n) is 6.74. The van der Waals surface area contributed by atoms with Crippen LogP contribution in [0, 0.1) is 12.3 Å². The van der Waals surface area contributed by atoms with Gasteiger partial charge in [0.2, 0.25) is 5.91 Å². The van der Waals surface area contributed by atoms with Crippen LogP contribution in [0.4, 0.5) is 8.78 Å². The van der Waals surface area contributed by atoms with Crippen LogP contribution in [0.3, 0.4) is 0 Å². The number of carbonyl (C=O) groups excluding carboxylic acids is 1. The summed E-state index contributed by atoms with van der Waals surface area (Å²) in [5.74, 6) is 2.22. The third kappa shape index (κ3) is 4.15. The highest BCUT2D eigenvalue weighted by Crippen LogP contribution is 2.34. The van der Waals surface area contributed by atoms with Crippen LogP contribution >= 0.6 is 23.2 Å². The minimum Gasteiger partial charge on any atom is -0.481 e. The zero-order valence-electron chi connectivity index (χ0n) is 11.9. The number of benzene rings is 1. The van der Waals surface area contributed by atoms with Crippen molar-refractivity contribution in [1.29, 1.82) is 0 Å². The second kappa shape index (κ2) is 7.67. The summed E-state index contributed by atoms with van der Waals surface area (Å²) in [4.78, 5) is 13.1. The number of rotatable bonds is 5. The molecule has 1 heterocycles. The van der Waals surface area contributed by atoms with Gasteiger partial charge in [0.05, 0.1) is 11.6 Å². The first-order valence-corrected chi connectivity index (χ1v) is 7.55. The van der Waals surface area contributed by atoms with Gasteiger partial charge >= 0.3 is 0 Å². The molecule has 2 rings (SSSR count). The van der Waals surface area contributed by atoms with Gasteiger partial charge in [-0.15, -0.1) is 18.0 Å². The fourth-order valence-electron chi connectivity index (χ4n) is 2.21. The van der Waals surface area contributed by atoms with Gasteiger partial charge in [-0.1, -0.05) is 23.6 Å². The number of ether oxygens (including phenoxy) is 1. The van der Waals surface area contributed by atoms with Gasteiger partial charge in [-0.3, -0.25) is 4.79 Å². The second-order valence-corrected chi connectivity index (χ2v) is 5.70. The Bertz CT molecular complexity index is 671. The van der Waals surface area contributed by atoms with Gasteiger partial charge < -0.3 is 9.64 Å². The van der Waals surface area contributed by atoms with Crippen LogP contribution in [-0.4, -0.2) is 35.8 Å². The van der Waals surface area contributed by atoms with E-state index in [1.165, 1.54) is 6.07 Å². The molecule has 1 aromatic rings. The molecular formula is C16H13Cl2F2NO2. The largest absolute Gasteiger partial charge is 0.481 e. The van der Waals surface area contributed by atoms with Gasteiger partial charge in [-0.2, -0.15) is 0 Å². The van der Waals surface area contributed by atoms with E-state index < -0.39 is 24.3 Å². The van der Waals surface area contributed by atoms with Crippen molar-refractivity contribution in [1.82, 2.24) is 4.90 Å². The number of alkyl halides is 3. The van der Waals surface area contributed by atoms with E-state index >= 15 is 0 Å². The van der Waals surface area contributed by atoms with E-state index in [9.17, 15) is 13.6 Å². The smallest absolute Gasteiger partial charge is 0.256 e. The first kappa shape index (κ1) is 17.6. The molecule has 7 heteroatoms. The summed E-state index contributed by atoms with van der Waals surface area (Å²) in [5.41, 5.74) is 0.776. The van der Waals surface area contributed by atoms with E-state index in [0.29, 0.717) is 17.0 Å². The zero-order chi connectivity index (χ0) is 17.0. The topological polar surface area (TPSA) is 29.5 Å². The van der Waals surface area contributed by atoms with Gasteiger partial charge in [-0.25, -0.2) is 8.78 Å². The highest BCUT2D eigenvalue weighted by molar-refractivity contribution is 6.33. The van der Waals surface area contributed by atoms with Crippen molar-refractivity contribution >= 4 is 34.8 Å². The maximum absolute atomic E-state index is 12.8. The predicted octanol–water partition coefficient (Wildman–Crippen LogP) is 3.80. The lowest BCUT2D eigenvalue weighted by atomic mass is 10.0. The first-order chi connectivity index (χ1) is 10.9. The van der Waals surface area contributed by atoms with Crippen LogP contribution in [0.2, 0.25) is 5.02 Å². The van der Waals surface area contributed by atoms with Crippen LogP contribution in [-0.2, 0) is 4.79 Å².